The number of fused-ring (bicyclic) bond motifs is 8. The molecular formula is C57H69N5O2Si2. The van der Waals surface area contributed by atoms with Gasteiger partial charge >= 0.3 is 0 Å². The van der Waals surface area contributed by atoms with E-state index < -0.39 is 16.1 Å². The van der Waals surface area contributed by atoms with Gasteiger partial charge in [0.25, 0.3) is 0 Å². The zero-order valence-corrected chi connectivity index (χ0v) is 42.7. The molecule has 4 aromatic heterocycles. The molecule has 0 unspecified atom stereocenters. The number of aromatic nitrogens is 5. The molecule has 8 bridgehead atoms. The third-order valence-electron chi connectivity index (χ3n) is 11.5. The Hall–Kier alpha value is -5.88. The minimum atomic E-state index is -1.79. The van der Waals surface area contributed by atoms with Gasteiger partial charge in [-0.05, 0) is 85.2 Å². The molecule has 0 atom stereocenters. The van der Waals surface area contributed by atoms with Gasteiger partial charge in [-0.1, -0.05) is 135 Å². The zero-order valence-electron chi connectivity index (χ0n) is 40.7. The summed E-state index contributed by atoms with van der Waals surface area (Å²) in [5, 5.41) is 0. The van der Waals surface area contributed by atoms with Crippen molar-refractivity contribution in [3.05, 3.63) is 101 Å². The van der Waals surface area contributed by atoms with Gasteiger partial charge in [-0.3, -0.25) is 4.98 Å². The summed E-state index contributed by atoms with van der Waals surface area (Å²) in [4.78, 5) is 22.9. The second-order valence-corrected chi connectivity index (χ2v) is 29.2. The highest BCUT2D eigenvalue weighted by molar-refractivity contribution is 6.84. The molecule has 0 amide bonds. The van der Waals surface area contributed by atoms with Gasteiger partial charge in [0.2, 0.25) is 0 Å². The Balaban J connectivity index is 1.48. The molecule has 7 rings (SSSR count). The Kier molecular flexibility index (Phi) is 16.4. The van der Waals surface area contributed by atoms with Gasteiger partial charge in [-0.2, -0.15) is 0 Å². The number of ether oxygens (including phenoxy) is 2. The van der Waals surface area contributed by atoms with E-state index in [1.807, 2.05) is 12.3 Å². The fourth-order valence-electron chi connectivity index (χ4n) is 8.11. The Morgan fingerprint density at radius 3 is 1.39 bits per heavy atom. The van der Waals surface area contributed by atoms with E-state index in [2.05, 4.69) is 164 Å². The molecule has 5 aromatic rings. The number of nitrogens with one attached hydrogen (secondary N) is 2. The van der Waals surface area contributed by atoms with Gasteiger partial charge in [-0.25, -0.2) is 9.97 Å². The van der Waals surface area contributed by atoms with Gasteiger partial charge in [0, 0.05) is 46.2 Å². The van der Waals surface area contributed by atoms with Crippen LogP contribution in [0.15, 0.2) is 67.0 Å². The lowest BCUT2D eigenvalue weighted by Gasteiger charge is -2.14. The SMILES string of the molecule is CCCCCCCCOc1cc(OCCCCCCCC)cc(-c2c3nc(c(C#C[Si](C)(C)C)c4ccc([nH]4)c(-c4cccnc4)c4nc(c(C#C[Si](C)(C)C)c5ccc2[nH]5)C=C4)C=C3)c1. The predicted molar refractivity (Wildman–Crippen MR) is 286 cm³/mol. The predicted octanol–water partition coefficient (Wildman–Crippen LogP) is 15.3. The first-order valence-electron chi connectivity index (χ1n) is 24.4. The van der Waals surface area contributed by atoms with Crippen LogP contribution >= 0.6 is 0 Å². The molecule has 9 heteroatoms. The number of hydrogen-bond acceptors (Lipinski definition) is 5. The molecule has 0 radical (unpaired) electrons. The second-order valence-electron chi connectivity index (χ2n) is 19.7. The molecule has 6 heterocycles. The number of H-pyrrole nitrogens is 2. The monoisotopic (exact) mass is 911 g/mol. The summed E-state index contributed by atoms with van der Waals surface area (Å²) >= 11 is 0. The van der Waals surface area contributed by atoms with Gasteiger partial charge in [-0.15, -0.1) is 11.1 Å². The van der Waals surface area contributed by atoms with Crippen molar-refractivity contribution in [3.8, 4) is 56.7 Å². The Morgan fingerprint density at radius 1 is 0.500 bits per heavy atom. The fraction of sp³-hybridized carbons (Fsp3) is 0.386. The number of nitrogens with zero attached hydrogens (tertiary/aromatic N) is 3. The third-order valence-corrected chi connectivity index (χ3v) is 13.3. The smallest absolute Gasteiger partial charge is 0.129 e. The van der Waals surface area contributed by atoms with E-state index in [0.29, 0.717) is 13.2 Å². The highest BCUT2D eigenvalue weighted by Crippen LogP contribution is 2.37. The standard InChI is InChI=1S/C57H69N5O2Si2/c1-9-11-13-15-17-19-34-63-44-38-43(39-45(40-44)64-35-20-18-16-14-12-10-2)57-54-29-25-50(61-54)46(31-36-65(3,4)5)48-23-27-52(59-48)56(42-22-21-33-58-41-42)53-28-24-49(60-53)47(32-37-66(6,7)8)51-26-30-55(57)62-51/h21-30,33,38-41,59,62H,9-20,34-35H2,1-8H3. The van der Waals surface area contributed by atoms with Crippen molar-refractivity contribution in [3.63, 3.8) is 0 Å². The van der Waals surface area contributed by atoms with Crippen LogP contribution in [0.2, 0.25) is 39.3 Å². The summed E-state index contributed by atoms with van der Waals surface area (Å²) in [5.41, 5.74) is 19.7. The number of rotatable bonds is 18. The van der Waals surface area contributed by atoms with Crippen molar-refractivity contribution in [1.82, 2.24) is 24.9 Å². The summed E-state index contributed by atoms with van der Waals surface area (Å²) in [7, 11) is -3.58. The molecule has 2 aliphatic heterocycles. The molecule has 1 aromatic carbocycles. The van der Waals surface area contributed by atoms with Gasteiger partial charge in [0.05, 0.1) is 58.1 Å². The van der Waals surface area contributed by atoms with Crippen LogP contribution in [-0.2, 0) is 0 Å². The number of unbranched alkanes of at least 4 members (excludes halogenated alkanes) is 10. The maximum Gasteiger partial charge on any atom is 0.129 e. The molecule has 0 saturated heterocycles. The molecule has 0 saturated carbocycles. The quantitative estimate of drug-likeness (QED) is 0.0509. The Bertz CT molecular complexity index is 2770. The molecule has 66 heavy (non-hydrogen) atoms. The normalized spacial score (nSPS) is 12.1. The van der Waals surface area contributed by atoms with E-state index in [1.165, 1.54) is 51.4 Å². The molecule has 2 N–H and O–H groups in total. The first-order valence-corrected chi connectivity index (χ1v) is 31.4. The highest BCUT2D eigenvalue weighted by atomic mass is 28.3. The summed E-state index contributed by atoms with van der Waals surface area (Å²) in [5.74, 6) is 8.85. The molecule has 7 nitrogen and oxygen atoms in total. The van der Waals surface area contributed by atoms with Crippen LogP contribution in [0, 0.1) is 22.9 Å². The van der Waals surface area contributed by atoms with E-state index >= 15 is 0 Å². The molecular weight excluding hydrogens is 843 g/mol. The van der Waals surface area contributed by atoms with Crippen molar-refractivity contribution < 1.29 is 9.47 Å². The minimum Gasteiger partial charge on any atom is -0.493 e. The van der Waals surface area contributed by atoms with Crippen LogP contribution < -0.4 is 9.47 Å². The lowest BCUT2D eigenvalue weighted by Crippen LogP contribution is -2.16. The van der Waals surface area contributed by atoms with Crippen molar-refractivity contribution >= 4 is 62.5 Å². The largest absolute Gasteiger partial charge is 0.493 e. The van der Waals surface area contributed by atoms with E-state index in [9.17, 15) is 0 Å². The van der Waals surface area contributed by atoms with Gasteiger partial charge < -0.3 is 19.4 Å². The van der Waals surface area contributed by atoms with Crippen molar-refractivity contribution in [2.45, 2.75) is 130 Å². The van der Waals surface area contributed by atoms with Crippen LogP contribution in [-0.4, -0.2) is 54.3 Å². The minimum absolute atomic E-state index is 0.655. The van der Waals surface area contributed by atoms with Crippen LogP contribution in [0.25, 0.3) is 68.6 Å². The second kappa shape index (κ2) is 22.5. The number of benzene rings is 1. The van der Waals surface area contributed by atoms with Crippen LogP contribution in [0.4, 0.5) is 0 Å². The van der Waals surface area contributed by atoms with Gasteiger partial charge in [0.15, 0.2) is 0 Å². The average molecular weight is 912 g/mol. The zero-order chi connectivity index (χ0) is 46.5. The fourth-order valence-corrected chi connectivity index (χ4v) is 9.11. The molecule has 0 fully saturated rings. The first-order chi connectivity index (χ1) is 31.9. The van der Waals surface area contributed by atoms with Crippen LogP contribution in [0.1, 0.15) is 125 Å². The van der Waals surface area contributed by atoms with E-state index in [4.69, 9.17) is 19.4 Å². The average Bonchev–Trinajstić information content (AvgIpc) is 4.13. The first kappa shape index (κ1) is 48.1. The molecule has 0 spiro atoms. The van der Waals surface area contributed by atoms with Crippen LogP contribution in [0.5, 0.6) is 11.5 Å². The van der Waals surface area contributed by atoms with E-state index in [-0.39, 0.29) is 0 Å². The lowest BCUT2D eigenvalue weighted by atomic mass is 10.0. The summed E-state index contributed by atoms with van der Waals surface area (Å²) in [6.45, 7) is 19.5. The summed E-state index contributed by atoms with van der Waals surface area (Å²) in [6.07, 6.45) is 26.5. The number of pyridine rings is 1. The maximum absolute atomic E-state index is 6.58. The van der Waals surface area contributed by atoms with Crippen molar-refractivity contribution in [2.24, 2.45) is 0 Å². The number of aromatic amines is 2. The number of hydrogen-bond donors (Lipinski definition) is 2. The van der Waals surface area contributed by atoms with E-state index in [1.54, 1.807) is 6.20 Å². The van der Waals surface area contributed by atoms with Crippen molar-refractivity contribution in [1.29, 1.82) is 0 Å². The summed E-state index contributed by atoms with van der Waals surface area (Å²) < 4.78 is 13.2. The van der Waals surface area contributed by atoms with Crippen molar-refractivity contribution in [2.75, 3.05) is 13.2 Å². The third kappa shape index (κ3) is 13.1. The Morgan fingerprint density at radius 2 is 0.939 bits per heavy atom. The molecule has 0 aliphatic carbocycles. The van der Waals surface area contributed by atoms with Gasteiger partial charge in [0.1, 0.15) is 27.6 Å². The van der Waals surface area contributed by atoms with Crippen LogP contribution in [0.3, 0.4) is 0 Å². The highest BCUT2D eigenvalue weighted by Gasteiger charge is 2.19. The topological polar surface area (TPSA) is 88.7 Å². The maximum atomic E-state index is 6.58. The lowest BCUT2D eigenvalue weighted by molar-refractivity contribution is 0.290. The summed E-state index contributed by atoms with van der Waals surface area (Å²) in [6, 6.07) is 18.9. The van der Waals surface area contributed by atoms with E-state index in [0.717, 1.165) is 115 Å². The molecule has 2 aliphatic rings. The molecule has 342 valence electrons. The Labute approximate surface area is 396 Å².